The standard InChI is InChI=1S/C19H22N2O3/c1-21(16-7-4-3-5-8-16)19(23)10-6-9-18(22)20-15-11-13-17(24-2)14-12-15/h3-5,7-8,11-14H,6,9-10H2,1-2H3,(H,20,22). The van der Waals surface area contributed by atoms with Crippen LogP contribution in [0.1, 0.15) is 19.3 Å². The van der Waals surface area contributed by atoms with Crippen LogP contribution in [0.5, 0.6) is 5.75 Å². The Kier molecular flexibility index (Phi) is 6.37. The molecule has 2 aromatic carbocycles. The van der Waals surface area contributed by atoms with Gasteiger partial charge in [0.05, 0.1) is 7.11 Å². The Morgan fingerprint density at radius 3 is 2.29 bits per heavy atom. The van der Waals surface area contributed by atoms with Gasteiger partial charge in [-0.2, -0.15) is 0 Å². The first-order valence-electron chi connectivity index (χ1n) is 7.85. The zero-order valence-electron chi connectivity index (χ0n) is 14.0. The molecule has 0 aliphatic rings. The summed E-state index contributed by atoms with van der Waals surface area (Å²) in [6, 6.07) is 16.6. The summed E-state index contributed by atoms with van der Waals surface area (Å²) in [6.45, 7) is 0. The Hall–Kier alpha value is -2.82. The van der Waals surface area contributed by atoms with E-state index in [0.29, 0.717) is 24.9 Å². The van der Waals surface area contributed by atoms with Gasteiger partial charge >= 0.3 is 0 Å². The molecule has 2 rings (SSSR count). The summed E-state index contributed by atoms with van der Waals surface area (Å²) in [5.41, 5.74) is 1.57. The molecule has 0 spiro atoms. The molecular weight excluding hydrogens is 304 g/mol. The molecule has 0 aromatic heterocycles. The molecule has 5 nitrogen and oxygen atoms in total. The van der Waals surface area contributed by atoms with Crippen molar-refractivity contribution < 1.29 is 14.3 Å². The van der Waals surface area contributed by atoms with Gasteiger partial charge < -0.3 is 15.0 Å². The third kappa shape index (κ3) is 5.12. The number of nitrogens with zero attached hydrogens (tertiary/aromatic N) is 1. The fourth-order valence-electron chi connectivity index (χ4n) is 2.26. The lowest BCUT2D eigenvalue weighted by molar-refractivity contribution is -0.118. The van der Waals surface area contributed by atoms with Gasteiger partial charge in [-0.05, 0) is 42.8 Å². The van der Waals surface area contributed by atoms with Gasteiger partial charge in [0.1, 0.15) is 5.75 Å². The lowest BCUT2D eigenvalue weighted by atomic mass is 10.2. The molecule has 0 aliphatic carbocycles. The Morgan fingerprint density at radius 1 is 1.00 bits per heavy atom. The normalized spacial score (nSPS) is 10.1. The number of hydrogen-bond donors (Lipinski definition) is 1. The van der Waals surface area contributed by atoms with Crippen molar-refractivity contribution in [3.63, 3.8) is 0 Å². The van der Waals surface area contributed by atoms with Crippen LogP contribution in [-0.2, 0) is 9.59 Å². The van der Waals surface area contributed by atoms with Crippen molar-refractivity contribution in [1.29, 1.82) is 0 Å². The van der Waals surface area contributed by atoms with Crippen LogP contribution < -0.4 is 15.0 Å². The van der Waals surface area contributed by atoms with Crippen LogP contribution in [0, 0.1) is 0 Å². The van der Waals surface area contributed by atoms with Crippen LogP contribution in [-0.4, -0.2) is 26.0 Å². The summed E-state index contributed by atoms with van der Waals surface area (Å²) in [7, 11) is 3.34. The van der Waals surface area contributed by atoms with E-state index in [4.69, 9.17) is 4.74 Å². The average Bonchev–Trinajstić information content (AvgIpc) is 2.62. The van der Waals surface area contributed by atoms with Crippen LogP contribution in [0.25, 0.3) is 0 Å². The number of nitrogens with one attached hydrogen (secondary N) is 1. The van der Waals surface area contributed by atoms with Crippen LogP contribution in [0.3, 0.4) is 0 Å². The smallest absolute Gasteiger partial charge is 0.226 e. The molecule has 5 heteroatoms. The molecule has 126 valence electrons. The van der Waals surface area contributed by atoms with Crippen molar-refractivity contribution in [2.75, 3.05) is 24.4 Å². The van der Waals surface area contributed by atoms with Crippen LogP contribution in [0.15, 0.2) is 54.6 Å². The highest BCUT2D eigenvalue weighted by molar-refractivity contribution is 5.94. The van der Waals surface area contributed by atoms with Gasteiger partial charge in [-0.15, -0.1) is 0 Å². The molecule has 0 radical (unpaired) electrons. The van der Waals surface area contributed by atoms with Crippen molar-refractivity contribution in [2.24, 2.45) is 0 Å². The third-order valence-corrected chi connectivity index (χ3v) is 3.69. The SMILES string of the molecule is COc1ccc(NC(=O)CCCC(=O)N(C)c2ccccc2)cc1. The number of amides is 2. The second-order valence-corrected chi connectivity index (χ2v) is 5.42. The van der Waals surface area contributed by atoms with E-state index >= 15 is 0 Å². The number of para-hydroxylation sites is 1. The second kappa shape index (κ2) is 8.72. The summed E-state index contributed by atoms with van der Waals surface area (Å²) in [4.78, 5) is 25.7. The first-order chi connectivity index (χ1) is 11.6. The molecule has 2 amide bonds. The molecule has 0 unspecified atom stereocenters. The summed E-state index contributed by atoms with van der Waals surface area (Å²) in [6.07, 6.45) is 1.15. The first kappa shape index (κ1) is 17.5. The third-order valence-electron chi connectivity index (χ3n) is 3.69. The fraction of sp³-hybridized carbons (Fsp3) is 0.263. The largest absolute Gasteiger partial charge is 0.497 e. The number of carbonyl (C=O) groups is 2. The monoisotopic (exact) mass is 326 g/mol. The highest BCUT2D eigenvalue weighted by Gasteiger charge is 2.11. The maximum absolute atomic E-state index is 12.1. The molecule has 1 N–H and O–H groups in total. The lowest BCUT2D eigenvalue weighted by Crippen LogP contribution is -2.26. The summed E-state index contributed by atoms with van der Waals surface area (Å²) >= 11 is 0. The maximum Gasteiger partial charge on any atom is 0.226 e. The average molecular weight is 326 g/mol. The van der Waals surface area contributed by atoms with Crippen molar-refractivity contribution in [3.8, 4) is 5.75 Å². The van der Waals surface area contributed by atoms with E-state index in [1.54, 1.807) is 43.3 Å². The summed E-state index contributed by atoms with van der Waals surface area (Å²) in [5.74, 6) is 0.635. The van der Waals surface area contributed by atoms with Gasteiger partial charge in [-0.25, -0.2) is 0 Å². The van der Waals surface area contributed by atoms with E-state index < -0.39 is 0 Å². The topological polar surface area (TPSA) is 58.6 Å². The predicted molar refractivity (Wildman–Crippen MR) is 95.3 cm³/mol. The van der Waals surface area contributed by atoms with E-state index in [9.17, 15) is 9.59 Å². The molecule has 0 fully saturated rings. The summed E-state index contributed by atoms with van der Waals surface area (Å²) < 4.78 is 5.07. The summed E-state index contributed by atoms with van der Waals surface area (Å²) in [5, 5.41) is 2.81. The van der Waals surface area contributed by atoms with Gasteiger partial charge in [-0.1, -0.05) is 18.2 Å². The Labute approximate surface area is 142 Å². The molecule has 0 atom stereocenters. The zero-order valence-corrected chi connectivity index (χ0v) is 14.0. The van der Waals surface area contributed by atoms with Gasteiger partial charge in [0.25, 0.3) is 0 Å². The van der Waals surface area contributed by atoms with Gasteiger partial charge in [0.2, 0.25) is 11.8 Å². The molecule has 0 aliphatic heterocycles. The molecule has 24 heavy (non-hydrogen) atoms. The number of benzene rings is 2. The number of methoxy groups -OCH3 is 1. The highest BCUT2D eigenvalue weighted by Crippen LogP contribution is 2.16. The van der Waals surface area contributed by atoms with Crippen molar-refractivity contribution in [1.82, 2.24) is 0 Å². The highest BCUT2D eigenvalue weighted by atomic mass is 16.5. The number of anilines is 2. The number of carbonyl (C=O) groups excluding carboxylic acids is 2. The Morgan fingerprint density at radius 2 is 1.67 bits per heavy atom. The molecule has 0 saturated heterocycles. The minimum atomic E-state index is -0.102. The van der Waals surface area contributed by atoms with E-state index in [0.717, 1.165) is 11.4 Å². The Bertz CT molecular complexity index is 669. The van der Waals surface area contributed by atoms with Crippen LogP contribution in [0.2, 0.25) is 0 Å². The lowest BCUT2D eigenvalue weighted by Gasteiger charge is -2.17. The van der Waals surface area contributed by atoms with Crippen molar-refractivity contribution in [3.05, 3.63) is 54.6 Å². The second-order valence-electron chi connectivity index (χ2n) is 5.42. The van der Waals surface area contributed by atoms with Crippen LogP contribution >= 0.6 is 0 Å². The fourth-order valence-corrected chi connectivity index (χ4v) is 2.26. The molecule has 0 bridgehead atoms. The molecule has 2 aromatic rings. The quantitative estimate of drug-likeness (QED) is 0.847. The Balaban J connectivity index is 1.74. The van der Waals surface area contributed by atoms with E-state index in [-0.39, 0.29) is 11.8 Å². The molecule has 0 saturated carbocycles. The van der Waals surface area contributed by atoms with E-state index in [1.807, 2.05) is 30.3 Å². The number of rotatable bonds is 7. The van der Waals surface area contributed by atoms with E-state index in [2.05, 4.69) is 5.32 Å². The predicted octanol–water partition coefficient (Wildman–Crippen LogP) is 3.47. The minimum Gasteiger partial charge on any atom is -0.497 e. The molecule has 0 heterocycles. The molecular formula is C19H22N2O3. The van der Waals surface area contributed by atoms with Crippen molar-refractivity contribution in [2.45, 2.75) is 19.3 Å². The first-order valence-corrected chi connectivity index (χ1v) is 7.85. The minimum absolute atomic E-state index is 0.00144. The van der Waals surface area contributed by atoms with Gasteiger partial charge in [-0.3, -0.25) is 9.59 Å². The van der Waals surface area contributed by atoms with Crippen molar-refractivity contribution >= 4 is 23.2 Å². The van der Waals surface area contributed by atoms with Gasteiger partial charge in [0.15, 0.2) is 0 Å². The van der Waals surface area contributed by atoms with Gasteiger partial charge in [0, 0.05) is 31.3 Å². The maximum atomic E-state index is 12.1. The number of ether oxygens (including phenoxy) is 1. The van der Waals surface area contributed by atoms with Crippen LogP contribution in [0.4, 0.5) is 11.4 Å². The van der Waals surface area contributed by atoms with E-state index in [1.165, 1.54) is 0 Å². The number of hydrogen-bond acceptors (Lipinski definition) is 3. The zero-order chi connectivity index (χ0) is 17.4.